The van der Waals surface area contributed by atoms with E-state index in [9.17, 15) is 9.59 Å². The summed E-state index contributed by atoms with van der Waals surface area (Å²) < 4.78 is 0. The highest BCUT2D eigenvalue weighted by Crippen LogP contribution is 2.26. The fourth-order valence-electron chi connectivity index (χ4n) is 2.54. The molecule has 0 saturated carbocycles. The van der Waals surface area contributed by atoms with Crippen LogP contribution in [0.5, 0.6) is 0 Å². The van der Waals surface area contributed by atoms with E-state index >= 15 is 0 Å². The minimum Gasteiger partial charge on any atom is -0.354 e. The number of hydrogen-bond acceptors (Lipinski definition) is 3. The molecule has 92 valence electrons. The molecule has 5 nitrogen and oxygen atoms in total. The van der Waals surface area contributed by atoms with Gasteiger partial charge in [-0.15, -0.1) is 0 Å². The first-order chi connectivity index (χ1) is 8.70. The molecule has 1 aromatic carbocycles. The van der Waals surface area contributed by atoms with Crippen molar-refractivity contribution >= 4 is 17.6 Å². The Morgan fingerprint density at radius 1 is 1.22 bits per heavy atom. The van der Waals surface area contributed by atoms with Gasteiger partial charge in [-0.2, -0.15) is 0 Å². The summed E-state index contributed by atoms with van der Waals surface area (Å²) in [6.07, 6.45) is 1.46. The highest BCUT2D eigenvalue weighted by molar-refractivity contribution is 6.23. The summed E-state index contributed by atoms with van der Waals surface area (Å²) in [4.78, 5) is 25.4. The smallest absolute Gasteiger partial charge is 0.260 e. The van der Waals surface area contributed by atoms with Crippen molar-refractivity contribution in [2.24, 2.45) is 0 Å². The molecule has 2 aliphatic heterocycles. The van der Waals surface area contributed by atoms with Crippen molar-refractivity contribution in [2.45, 2.75) is 18.9 Å². The molecule has 0 aliphatic carbocycles. The van der Waals surface area contributed by atoms with E-state index in [1.807, 2.05) is 0 Å². The number of nitrogens with one attached hydrogen (secondary N) is 2. The van der Waals surface area contributed by atoms with Gasteiger partial charge < -0.3 is 5.32 Å². The molecule has 1 fully saturated rings. The van der Waals surface area contributed by atoms with Crippen molar-refractivity contribution in [3.63, 3.8) is 0 Å². The van der Waals surface area contributed by atoms with Crippen LogP contribution in [-0.4, -0.2) is 35.1 Å². The molecule has 18 heavy (non-hydrogen) atoms. The van der Waals surface area contributed by atoms with E-state index < -0.39 is 6.04 Å². The standard InChI is InChI=1S/C13H13N3O2/c14-11-8-4-1-2-5-9(8)13(18)16(11)10-6-3-7-15-12(10)17/h1-2,4-5,10,14H,3,6-7H2,(H,15,17). The van der Waals surface area contributed by atoms with Crippen LogP contribution >= 0.6 is 0 Å². The van der Waals surface area contributed by atoms with Crippen molar-refractivity contribution in [2.75, 3.05) is 6.54 Å². The predicted octanol–water partition coefficient (Wildman–Crippen LogP) is 0.746. The third-order valence-corrected chi connectivity index (χ3v) is 3.44. The largest absolute Gasteiger partial charge is 0.354 e. The van der Waals surface area contributed by atoms with Crippen molar-refractivity contribution in [3.8, 4) is 0 Å². The number of rotatable bonds is 1. The first-order valence-corrected chi connectivity index (χ1v) is 5.99. The van der Waals surface area contributed by atoms with Gasteiger partial charge in [0.2, 0.25) is 5.91 Å². The Labute approximate surface area is 104 Å². The number of fused-ring (bicyclic) bond motifs is 1. The normalized spacial score (nSPS) is 23.0. The summed E-state index contributed by atoms with van der Waals surface area (Å²) in [5.41, 5.74) is 1.13. The van der Waals surface area contributed by atoms with E-state index in [0.717, 1.165) is 6.42 Å². The lowest BCUT2D eigenvalue weighted by molar-refractivity contribution is -0.126. The van der Waals surface area contributed by atoms with Crippen molar-refractivity contribution in [1.29, 1.82) is 5.41 Å². The maximum absolute atomic E-state index is 12.3. The fourth-order valence-corrected chi connectivity index (χ4v) is 2.54. The Kier molecular flexibility index (Phi) is 2.40. The molecule has 3 rings (SSSR count). The number of benzene rings is 1. The summed E-state index contributed by atoms with van der Waals surface area (Å²) in [7, 11) is 0. The molecule has 0 aromatic heterocycles. The lowest BCUT2D eigenvalue weighted by Gasteiger charge is -2.29. The molecule has 5 heteroatoms. The first kappa shape index (κ1) is 11.0. The van der Waals surface area contributed by atoms with Gasteiger partial charge >= 0.3 is 0 Å². The molecule has 2 heterocycles. The SMILES string of the molecule is N=C1c2ccccc2C(=O)N1C1CCCNC1=O. The van der Waals surface area contributed by atoms with Gasteiger partial charge in [0, 0.05) is 12.1 Å². The molecule has 2 aliphatic rings. The van der Waals surface area contributed by atoms with E-state index in [1.165, 1.54) is 4.90 Å². The number of amidine groups is 1. The molecule has 0 bridgehead atoms. The average Bonchev–Trinajstić information content (AvgIpc) is 2.64. The highest BCUT2D eigenvalue weighted by atomic mass is 16.2. The minimum absolute atomic E-state index is 0.137. The number of piperidine rings is 1. The van der Waals surface area contributed by atoms with E-state index in [0.29, 0.717) is 24.1 Å². The second-order valence-electron chi connectivity index (χ2n) is 4.52. The zero-order valence-electron chi connectivity index (χ0n) is 9.77. The van der Waals surface area contributed by atoms with E-state index in [2.05, 4.69) is 5.32 Å². The molecule has 1 saturated heterocycles. The lowest BCUT2D eigenvalue weighted by atomic mass is 10.1. The van der Waals surface area contributed by atoms with Gasteiger partial charge in [-0.05, 0) is 18.9 Å². The van der Waals surface area contributed by atoms with Gasteiger partial charge in [-0.3, -0.25) is 19.9 Å². The molecule has 1 unspecified atom stereocenters. The Bertz CT molecular complexity index is 518. The van der Waals surface area contributed by atoms with E-state index in [4.69, 9.17) is 5.41 Å². The Morgan fingerprint density at radius 3 is 2.61 bits per heavy atom. The molecule has 0 radical (unpaired) electrons. The van der Waals surface area contributed by atoms with E-state index in [-0.39, 0.29) is 17.6 Å². The third-order valence-electron chi connectivity index (χ3n) is 3.44. The number of carbonyl (C=O) groups excluding carboxylic acids is 2. The summed E-state index contributed by atoms with van der Waals surface area (Å²) in [6, 6.07) is 6.48. The second-order valence-corrected chi connectivity index (χ2v) is 4.52. The van der Waals surface area contributed by atoms with Crippen LogP contribution in [0.3, 0.4) is 0 Å². The Balaban J connectivity index is 1.99. The minimum atomic E-state index is -0.536. The Morgan fingerprint density at radius 2 is 1.94 bits per heavy atom. The van der Waals surface area contributed by atoms with Crippen LogP contribution in [0.25, 0.3) is 0 Å². The first-order valence-electron chi connectivity index (χ1n) is 5.99. The number of hydrogen-bond donors (Lipinski definition) is 2. The number of carbonyl (C=O) groups is 2. The summed E-state index contributed by atoms with van der Waals surface area (Å²) >= 11 is 0. The van der Waals surface area contributed by atoms with E-state index in [1.54, 1.807) is 24.3 Å². The summed E-state index contributed by atoms with van der Waals surface area (Å²) in [5, 5.41) is 10.8. The van der Waals surface area contributed by atoms with Gasteiger partial charge in [-0.1, -0.05) is 18.2 Å². The molecule has 2 N–H and O–H groups in total. The van der Waals surface area contributed by atoms with Crippen molar-refractivity contribution in [3.05, 3.63) is 35.4 Å². The molecule has 2 amide bonds. The van der Waals surface area contributed by atoms with Crippen LogP contribution in [0.2, 0.25) is 0 Å². The molecular formula is C13H13N3O2. The van der Waals surface area contributed by atoms with Gasteiger partial charge in [0.25, 0.3) is 5.91 Å². The number of amides is 2. The Hall–Kier alpha value is -2.17. The zero-order chi connectivity index (χ0) is 12.7. The molecule has 1 atom stereocenters. The molecular weight excluding hydrogens is 230 g/mol. The fraction of sp³-hybridized carbons (Fsp3) is 0.308. The van der Waals surface area contributed by atoms with Crippen LogP contribution in [0, 0.1) is 5.41 Å². The number of nitrogens with zero attached hydrogens (tertiary/aromatic N) is 1. The maximum Gasteiger partial charge on any atom is 0.260 e. The lowest BCUT2D eigenvalue weighted by Crippen LogP contribution is -2.52. The van der Waals surface area contributed by atoms with Gasteiger partial charge in [0.1, 0.15) is 11.9 Å². The van der Waals surface area contributed by atoms with Gasteiger partial charge in [-0.25, -0.2) is 0 Å². The third kappa shape index (κ3) is 1.44. The summed E-state index contributed by atoms with van der Waals surface area (Å²) in [6.45, 7) is 0.650. The predicted molar refractivity (Wildman–Crippen MR) is 65.5 cm³/mol. The molecule has 1 aromatic rings. The van der Waals surface area contributed by atoms with Crippen molar-refractivity contribution < 1.29 is 9.59 Å². The van der Waals surface area contributed by atoms with Crippen molar-refractivity contribution in [1.82, 2.24) is 10.2 Å². The molecule has 0 spiro atoms. The van der Waals surface area contributed by atoms with Gasteiger partial charge in [0.15, 0.2) is 0 Å². The van der Waals surface area contributed by atoms with Gasteiger partial charge in [0.05, 0.1) is 5.56 Å². The van der Waals surface area contributed by atoms with Crippen LogP contribution in [0.4, 0.5) is 0 Å². The second kappa shape index (κ2) is 3.94. The van der Waals surface area contributed by atoms with Crippen LogP contribution in [0.15, 0.2) is 24.3 Å². The zero-order valence-corrected chi connectivity index (χ0v) is 9.77. The quantitative estimate of drug-likeness (QED) is 0.763. The van der Waals surface area contributed by atoms with Crippen LogP contribution in [-0.2, 0) is 4.79 Å². The van der Waals surface area contributed by atoms with Crippen LogP contribution < -0.4 is 5.32 Å². The van der Waals surface area contributed by atoms with Crippen LogP contribution in [0.1, 0.15) is 28.8 Å². The highest BCUT2D eigenvalue weighted by Gasteiger charge is 2.40. The topological polar surface area (TPSA) is 73.3 Å². The summed E-state index contributed by atoms with van der Waals surface area (Å²) in [5.74, 6) is -0.262. The average molecular weight is 243 g/mol. The maximum atomic E-state index is 12.3. The monoisotopic (exact) mass is 243 g/mol.